The molecule has 3 heterocycles. The highest BCUT2D eigenvalue weighted by atomic mass is 16.6. The van der Waals surface area contributed by atoms with Crippen molar-refractivity contribution in [2.45, 2.75) is 70.6 Å². The molecule has 0 aromatic heterocycles. The molecule has 3 aliphatic heterocycles. The van der Waals surface area contributed by atoms with Gasteiger partial charge in [-0.05, 0) is 76.6 Å². The third-order valence-corrected chi connectivity index (χ3v) is 9.52. The Kier molecular flexibility index (Phi) is 9.83. The average molecular weight is 582 g/mol. The highest BCUT2D eigenvalue weighted by molar-refractivity contribution is 6.05. The summed E-state index contributed by atoms with van der Waals surface area (Å²) in [4.78, 5) is 47.8. The van der Waals surface area contributed by atoms with Crippen LogP contribution in [0.25, 0.3) is 0 Å². The molecule has 9 heteroatoms. The third kappa shape index (κ3) is 5.26. The number of anilines is 2. The Morgan fingerprint density at radius 3 is 2.40 bits per heavy atom. The Labute approximate surface area is 250 Å². The van der Waals surface area contributed by atoms with E-state index in [0.717, 1.165) is 25.2 Å². The predicted octanol–water partition coefficient (Wildman–Crippen LogP) is 3.95. The Morgan fingerprint density at radius 1 is 1.14 bits per heavy atom. The minimum atomic E-state index is -1.18. The monoisotopic (exact) mass is 581 g/mol. The van der Waals surface area contributed by atoms with Crippen molar-refractivity contribution in [1.29, 1.82) is 0 Å². The highest BCUT2D eigenvalue weighted by Crippen LogP contribution is 2.65. The molecule has 3 unspecified atom stereocenters. The maximum Gasteiger partial charge on any atom is 0.312 e. The van der Waals surface area contributed by atoms with Crippen molar-refractivity contribution in [2.75, 3.05) is 49.2 Å². The number of esters is 1. The summed E-state index contributed by atoms with van der Waals surface area (Å²) in [6, 6.07) is 6.87. The molecule has 0 aliphatic carbocycles. The molecule has 9 nitrogen and oxygen atoms in total. The van der Waals surface area contributed by atoms with Gasteiger partial charge in [0.05, 0.1) is 18.1 Å². The van der Waals surface area contributed by atoms with Crippen LogP contribution in [0, 0.1) is 17.8 Å². The summed E-state index contributed by atoms with van der Waals surface area (Å²) in [5, 5.41) is 9.65. The lowest BCUT2D eigenvalue weighted by molar-refractivity contribution is -0.161. The van der Waals surface area contributed by atoms with Gasteiger partial charge in [-0.15, -0.1) is 13.2 Å². The first kappa shape index (κ1) is 31.8. The molecule has 0 radical (unpaired) electrons. The van der Waals surface area contributed by atoms with Gasteiger partial charge in [0.25, 0.3) is 5.91 Å². The molecular formula is C33H47N3O6. The summed E-state index contributed by atoms with van der Waals surface area (Å²) in [6.45, 7) is 17.9. The van der Waals surface area contributed by atoms with Gasteiger partial charge in [-0.1, -0.05) is 19.1 Å². The van der Waals surface area contributed by atoms with Crippen LogP contribution >= 0.6 is 0 Å². The number of hydrogen-bond acceptors (Lipinski definition) is 7. The molecule has 0 saturated carbocycles. The number of likely N-dealkylation sites (tertiary alicyclic amines) is 1. The minimum absolute atomic E-state index is 0.0819. The van der Waals surface area contributed by atoms with Gasteiger partial charge in [-0.2, -0.15) is 0 Å². The maximum absolute atomic E-state index is 14.6. The summed E-state index contributed by atoms with van der Waals surface area (Å²) < 4.78 is 12.5. The molecule has 1 aromatic carbocycles. The second-order valence-electron chi connectivity index (χ2n) is 11.8. The van der Waals surface area contributed by atoms with Crippen LogP contribution in [-0.4, -0.2) is 84.4 Å². The molecule has 1 aromatic rings. The molecule has 3 saturated heterocycles. The molecule has 230 valence electrons. The Hall–Kier alpha value is -3.17. The number of allylic oxidation sites excluding steroid dienone is 1. The van der Waals surface area contributed by atoms with E-state index in [9.17, 15) is 19.5 Å². The molecule has 42 heavy (non-hydrogen) atoms. The van der Waals surface area contributed by atoms with Crippen LogP contribution in [0.2, 0.25) is 0 Å². The smallest absolute Gasteiger partial charge is 0.312 e. The molecule has 2 amide bonds. The van der Waals surface area contributed by atoms with Crippen LogP contribution in [0.3, 0.4) is 0 Å². The van der Waals surface area contributed by atoms with Crippen LogP contribution in [0.5, 0.6) is 0 Å². The van der Waals surface area contributed by atoms with Crippen molar-refractivity contribution < 1.29 is 29.0 Å². The van der Waals surface area contributed by atoms with Crippen molar-refractivity contribution in [1.82, 2.24) is 4.90 Å². The van der Waals surface area contributed by atoms with Gasteiger partial charge in [0.1, 0.15) is 17.6 Å². The number of carbonyl (C=O) groups is 3. The summed E-state index contributed by atoms with van der Waals surface area (Å²) in [5.41, 5.74) is -0.367. The fourth-order valence-electron chi connectivity index (χ4n) is 7.38. The zero-order chi connectivity index (χ0) is 30.7. The largest absolute Gasteiger partial charge is 0.465 e. The maximum atomic E-state index is 14.6. The van der Waals surface area contributed by atoms with E-state index >= 15 is 0 Å². The number of hydrogen-bond donors (Lipinski definition) is 1. The first-order valence-electron chi connectivity index (χ1n) is 15.3. The van der Waals surface area contributed by atoms with Crippen LogP contribution < -0.4 is 9.80 Å². The van der Waals surface area contributed by atoms with Crippen molar-refractivity contribution in [3.8, 4) is 0 Å². The summed E-state index contributed by atoms with van der Waals surface area (Å²) in [5.74, 6) is -2.78. The Bertz CT molecular complexity index is 1170. The number of carbonyl (C=O) groups excluding carboxylic acids is 3. The first-order chi connectivity index (χ1) is 20.1. The van der Waals surface area contributed by atoms with Gasteiger partial charge < -0.3 is 29.3 Å². The number of unbranched alkanes of at least 4 members (excludes halogenated alkanes) is 1. The van der Waals surface area contributed by atoms with Crippen LogP contribution in [-0.2, 0) is 23.9 Å². The lowest BCUT2D eigenvalue weighted by Gasteiger charge is -2.37. The van der Waals surface area contributed by atoms with Crippen molar-refractivity contribution in [3.05, 3.63) is 49.6 Å². The van der Waals surface area contributed by atoms with Gasteiger partial charge in [-0.25, -0.2) is 0 Å². The van der Waals surface area contributed by atoms with Crippen LogP contribution in [0.4, 0.5) is 11.4 Å². The number of benzene rings is 1. The molecule has 3 fully saturated rings. The molecule has 6 atom stereocenters. The minimum Gasteiger partial charge on any atom is -0.465 e. The van der Waals surface area contributed by atoms with E-state index in [0.29, 0.717) is 24.9 Å². The normalized spacial score (nSPS) is 29.4. The van der Waals surface area contributed by atoms with E-state index in [-0.39, 0.29) is 44.0 Å². The summed E-state index contributed by atoms with van der Waals surface area (Å²) in [7, 11) is 0. The molecule has 1 spiro atoms. The molecule has 3 aliphatic rings. The van der Waals surface area contributed by atoms with E-state index < -0.39 is 35.0 Å². The Balaban J connectivity index is 1.73. The van der Waals surface area contributed by atoms with Gasteiger partial charge in [0.15, 0.2) is 0 Å². The number of rotatable bonds is 15. The number of nitrogens with zero attached hydrogens (tertiary/aromatic N) is 3. The number of aliphatic hydroxyl groups excluding tert-OH is 1. The lowest BCUT2D eigenvalue weighted by Crippen LogP contribution is -2.57. The van der Waals surface area contributed by atoms with E-state index in [4.69, 9.17) is 9.47 Å². The molecular weight excluding hydrogens is 534 g/mol. The predicted molar refractivity (Wildman–Crippen MR) is 163 cm³/mol. The SMILES string of the molecule is C=CCCCOC(=O)[C@@H]1[C@H]2C(=O)N(CCCO)C(C(=O)N(CC=C)c3ccc(N(CC)CC)cc3)C23CC(C)[C@@]1(C)O3. The number of aliphatic hydroxyl groups is 1. The second-order valence-corrected chi connectivity index (χ2v) is 11.8. The van der Waals surface area contributed by atoms with Crippen LogP contribution in [0.15, 0.2) is 49.6 Å². The zero-order valence-corrected chi connectivity index (χ0v) is 25.6. The van der Waals surface area contributed by atoms with E-state index in [2.05, 4.69) is 31.9 Å². The molecule has 1 N–H and O–H groups in total. The second kappa shape index (κ2) is 13.0. The van der Waals surface area contributed by atoms with Crippen molar-refractivity contribution in [3.63, 3.8) is 0 Å². The van der Waals surface area contributed by atoms with Crippen LogP contribution in [0.1, 0.15) is 53.4 Å². The van der Waals surface area contributed by atoms with E-state index in [1.807, 2.05) is 38.1 Å². The molecule has 2 bridgehead atoms. The van der Waals surface area contributed by atoms with Crippen molar-refractivity contribution in [2.24, 2.45) is 17.8 Å². The van der Waals surface area contributed by atoms with Gasteiger partial charge in [0, 0.05) is 44.2 Å². The average Bonchev–Trinajstić information content (AvgIpc) is 3.49. The third-order valence-electron chi connectivity index (χ3n) is 9.52. The lowest BCUT2D eigenvalue weighted by atomic mass is 9.62. The topological polar surface area (TPSA) is 99.6 Å². The van der Waals surface area contributed by atoms with Gasteiger partial charge in [-0.3, -0.25) is 14.4 Å². The summed E-state index contributed by atoms with van der Waals surface area (Å²) >= 11 is 0. The van der Waals surface area contributed by atoms with Gasteiger partial charge in [0.2, 0.25) is 5.91 Å². The number of ether oxygens (including phenoxy) is 2. The fraction of sp³-hybridized carbons (Fsp3) is 0.606. The quantitative estimate of drug-likeness (QED) is 0.190. The standard InChI is InChI=1S/C33H47N3O6/c1-7-11-12-21-41-31(40)27-26-29(38)36(19-13-20-37)28(33(26)22-23(5)32(27,6)42-33)30(39)35(18-8-2)25-16-14-24(15-17-25)34(9-3)10-4/h7-8,14-17,23,26-28,37H,1-2,9-13,18-22H2,3-6H3/t23?,26-,27-,28?,32+,33?/m0/s1. The molecule has 4 rings (SSSR count). The fourth-order valence-corrected chi connectivity index (χ4v) is 7.38. The number of fused-ring (bicyclic) bond motifs is 1. The van der Waals surface area contributed by atoms with Crippen molar-refractivity contribution >= 4 is 29.2 Å². The number of amides is 2. The Morgan fingerprint density at radius 2 is 1.81 bits per heavy atom. The highest BCUT2D eigenvalue weighted by Gasteiger charge is 2.80. The van der Waals surface area contributed by atoms with E-state index in [1.54, 1.807) is 22.0 Å². The summed E-state index contributed by atoms with van der Waals surface area (Å²) in [6.07, 6.45) is 5.58. The first-order valence-corrected chi connectivity index (χ1v) is 15.3. The zero-order valence-electron chi connectivity index (χ0n) is 25.6. The van der Waals surface area contributed by atoms with Gasteiger partial charge >= 0.3 is 5.97 Å². The van der Waals surface area contributed by atoms with E-state index in [1.165, 1.54) is 0 Å².